The first-order valence-electron chi connectivity index (χ1n) is 5.53. The highest BCUT2D eigenvalue weighted by molar-refractivity contribution is 7.99. The van der Waals surface area contributed by atoms with Gasteiger partial charge in [-0.25, -0.2) is 18.6 Å². The molecule has 2 heterocycles. The van der Waals surface area contributed by atoms with Crippen LogP contribution in [0.25, 0.3) is 10.8 Å². The molecule has 0 saturated carbocycles. The number of hydrogen-bond acceptors (Lipinski definition) is 5. The zero-order chi connectivity index (χ0) is 14.0. The predicted octanol–water partition coefficient (Wildman–Crippen LogP) is -1.96. The topological polar surface area (TPSA) is 96.1 Å². The third-order valence-corrected chi connectivity index (χ3v) is 4.13. The third-order valence-electron chi connectivity index (χ3n) is 2.78. The number of fused-ring (bicyclic) bond motifs is 3. The highest BCUT2D eigenvalue weighted by Crippen LogP contribution is 2.31. The van der Waals surface area contributed by atoms with E-state index in [0.717, 1.165) is 0 Å². The number of benzene rings is 1. The normalized spacial score (nSPS) is 17.8. The lowest BCUT2D eigenvalue weighted by atomic mass is 10.2. The fourth-order valence-corrected chi connectivity index (χ4v) is 3.27. The van der Waals surface area contributed by atoms with Crippen LogP contribution in [-0.4, -0.2) is 5.75 Å². The molecule has 0 radical (unpaired) electrons. The monoisotopic (exact) mass is 301 g/mol. The van der Waals surface area contributed by atoms with Gasteiger partial charge in [-0.3, -0.25) is 0 Å². The van der Waals surface area contributed by atoms with E-state index in [9.17, 15) is 0 Å². The maximum atomic E-state index is 8.49. The lowest BCUT2D eigenvalue weighted by Crippen LogP contribution is -2.68. The summed E-state index contributed by atoms with van der Waals surface area (Å²) in [6.07, 6.45) is 2.21. The average Bonchev–Trinajstić information content (AvgIpc) is 2.69. The molecule has 0 amide bonds. The average molecular weight is 302 g/mol. The molecule has 102 valence electrons. The van der Waals surface area contributed by atoms with Gasteiger partial charge < -0.3 is 0 Å². The van der Waals surface area contributed by atoms with E-state index >= 15 is 0 Å². The van der Waals surface area contributed by atoms with Crippen molar-refractivity contribution in [2.75, 3.05) is 5.75 Å². The van der Waals surface area contributed by atoms with Crippen molar-refractivity contribution in [2.45, 2.75) is 18.0 Å². The number of halogens is 1. The van der Waals surface area contributed by atoms with Crippen LogP contribution in [0.1, 0.15) is 13.0 Å². The Kier molecular flexibility index (Phi) is 4.29. The molecule has 0 spiro atoms. The lowest BCUT2D eigenvalue weighted by Gasteiger charge is -2.17. The van der Waals surface area contributed by atoms with E-state index in [4.69, 9.17) is 18.6 Å². The summed E-state index contributed by atoms with van der Waals surface area (Å²) in [5, 5.41) is 4.17. The SMILES string of the molecule is CC1CSc2c3ccccc3cc[n+]21.[O-][Cl+3]([O-])([O-])[O-]. The van der Waals surface area contributed by atoms with Crippen molar-refractivity contribution in [1.82, 2.24) is 0 Å². The van der Waals surface area contributed by atoms with E-state index in [-0.39, 0.29) is 0 Å². The second-order valence-corrected chi connectivity index (χ2v) is 5.92. The first kappa shape index (κ1) is 14.5. The van der Waals surface area contributed by atoms with E-state index in [1.165, 1.54) is 21.6 Å². The van der Waals surface area contributed by atoms with Crippen molar-refractivity contribution in [3.8, 4) is 0 Å². The minimum atomic E-state index is -4.94. The minimum Gasteiger partial charge on any atom is -0.222 e. The third kappa shape index (κ3) is 3.79. The molecule has 3 rings (SSSR count). The zero-order valence-corrected chi connectivity index (χ0v) is 11.7. The summed E-state index contributed by atoms with van der Waals surface area (Å²) in [6, 6.07) is 11.5. The van der Waals surface area contributed by atoms with Crippen LogP contribution in [0.2, 0.25) is 0 Å². The number of pyridine rings is 1. The Hall–Kier alpha value is -0.890. The maximum absolute atomic E-state index is 8.49. The standard InChI is InChI=1S/C12H12NS.ClHO4/c1-9-8-14-12-11-5-3-2-4-10(11)6-7-13(9)12;2-1(3,4)5/h2-7,9H,8H2,1H3;(H,2,3,4,5)/q+1;/p-1. The van der Waals surface area contributed by atoms with E-state index in [1.807, 2.05) is 11.8 Å². The van der Waals surface area contributed by atoms with Crippen LogP contribution in [0.3, 0.4) is 0 Å². The van der Waals surface area contributed by atoms with Crippen LogP contribution in [0.4, 0.5) is 0 Å². The summed E-state index contributed by atoms with van der Waals surface area (Å²) in [6.45, 7) is 2.28. The van der Waals surface area contributed by atoms with Gasteiger partial charge in [-0.1, -0.05) is 18.2 Å². The molecule has 0 bridgehead atoms. The Morgan fingerprint density at radius 3 is 2.47 bits per heavy atom. The summed E-state index contributed by atoms with van der Waals surface area (Å²) >= 11 is 1.97. The molecule has 2 aromatic rings. The minimum absolute atomic E-state index is 0.639. The summed E-state index contributed by atoms with van der Waals surface area (Å²) in [5.41, 5.74) is 0. The summed E-state index contributed by atoms with van der Waals surface area (Å²) in [4.78, 5) is 0. The molecule has 0 N–H and O–H groups in total. The number of hydrogen-bond donors (Lipinski definition) is 0. The summed E-state index contributed by atoms with van der Waals surface area (Å²) in [5.74, 6) is 1.20. The second kappa shape index (κ2) is 5.62. The quantitative estimate of drug-likeness (QED) is 0.526. The fraction of sp³-hybridized carbons (Fsp3) is 0.250. The number of aromatic nitrogens is 1. The van der Waals surface area contributed by atoms with Crippen molar-refractivity contribution in [3.63, 3.8) is 0 Å². The number of thioether (sulfide) groups is 1. The maximum Gasteiger partial charge on any atom is 0.248 e. The Labute approximate surface area is 116 Å². The van der Waals surface area contributed by atoms with Gasteiger partial charge in [0.05, 0.1) is 11.1 Å². The van der Waals surface area contributed by atoms with Crippen molar-refractivity contribution >= 4 is 22.5 Å². The molecule has 1 aliphatic heterocycles. The van der Waals surface area contributed by atoms with Crippen LogP contribution in [0, 0.1) is 10.2 Å². The van der Waals surface area contributed by atoms with Gasteiger partial charge in [0.15, 0.2) is 12.2 Å². The molecule has 1 aromatic carbocycles. The summed E-state index contributed by atoms with van der Waals surface area (Å²) < 4.78 is 36.4. The first-order chi connectivity index (χ1) is 8.86. The van der Waals surface area contributed by atoms with Crippen molar-refractivity contribution in [3.05, 3.63) is 36.5 Å². The predicted molar refractivity (Wildman–Crippen MR) is 59.6 cm³/mol. The Morgan fingerprint density at radius 1 is 1.16 bits per heavy atom. The fourth-order valence-electron chi connectivity index (χ4n) is 1.98. The van der Waals surface area contributed by atoms with Gasteiger partial charge in [0.25, 0.3) is 0 Å². The van der Waals surface area contributed by atoms with Crippen LogP contribution >= 0.6 is 11.8 Å². The smallest absolute Gasteiger partial charge is 0.222 e. The molecule has 19 heavy (non-hydrogen) atoms. The lowest BCUT2D eigenvalue weighted by molar-refractivity contribution is -2.00. The molecular weight excluding hydrogens is 290 g/mol. The number of nitrogens with zero attached hydrogens (tertiary/aromatic N) is 1. The second-order valence-electron chi connectivity index (χ2n) is 4.15. The molecule has 7 heteroatoms. The molecule has 0 aliphatic carbocycles. The first-order valence-corrected chi connectivity index (χ1v) is 7.75. The Balaban J connectivity index is 0.000000232. The molecule has 1 unspecified atom stereocenters. The molecule has 1 atom stereocenters. The van der Waals surface area contributed by atoms with Gasteiger partial charge in [0.2, 0.25) is 5.03 Å². The van der Waals surface area contributed by atoms with Crippen LogP contribution < -0.4 is 23.2 Å². The highest BCUT2D eigenvalue weighted by atomic mass is 35.7. The Morgan fingerprint density at radius 2 is 1.79 bits per heavy atom. The Bertz CT molecular complexity index is 581. The van der Waals surface area contributed by atoms with Gasteiger partial charge in [-0.05, 0) is 30.1 Å². The number of rotatable bonds is 0. The molecule has 0 saturated heterocycles. The van der Waals surface area contributed by atoms with Crippen LogP contribution in [-0.2, 0) is 0 Å². The van der Waals surface area contributed by atoms with E-state index in [1.54, 1.807) is 0 Å². The van der Waals surface area contributed by atoms with Crippen LogP contribution in [0.5, 0.6) is 0 Å². The summed E-state index contributed by atoms with van der Waals surface area (Å²) in [7, 11) is -4.94. The highest BCUT2D eigenvalue weighted by Gasteiger charge is 2.28. The van der Waals surface area contributed by atoms with Crippen molar-refractivity contribution in [2.24, 2.45) is 0 Å². The van der Waals surface area contributed by atoms with E-state index in [2.05, 4.69) is 48.0 Å². The van der Waals surface area contributed by atoms with Crippen molar-refractivity contribution in [1.29, 1.82) is 0 Å². The van der Waals surface area contributed by atoms with E-state index < -0.39 is 10.2 Å². The van der Waals surface area contributed by atoms with E-state index in [0.29, 0.717) is 6.04 Å². The van der Waals surface area contributed by atoms with Gasteiger partial charge in [0.1, 0.15) is 0 Å². The molecule has 1 aliphatic rings. The van der Waals surface area contributed by atoms with Gasteiger partial charge in [-0.15, -0.1) is 10.2 Å². The largest absolute Gasteiger partial charge is 0.248 e. The molecular formula is C12H12ClNO4S. The molecule has 0 fully saturated rings. The van der Waals surface area contributed by atoms with Gasteiger partial charge >= 0.3 is 0 Å². The molecule has 1 aromatic heterocycles. The van der Waals surface area contributed by atoms with Gasteiger partial charge in [-0.2, -0.15) is 4.57 Å². The van der Waals surface area contributed by atoms with Crippen LogP contribution in [0.15, 0.2) is 41.6 Å². The van der Waals surface area contributed by atoms with Crippen molar-refractivity contribution < 1.29 is 33.4 Å². The molecule has 5 nitrogen and oxygen atoms in total. The zero-order valence-electron chi connectivity index (χ0n) is 10.1. The van der Waals surface area contributed by atoms with Gasteiger partial charge in [0, 0.05) is 6.07 Å².